The molecule has 11 heavy (non-hydrogen) atoms. The lowest BCUT2D eigenvalue weighted by Gasteiger charge is -1.96. The fraction of sp³-hybridized carbons (Fsp3) is 0.250. The number of pyridine rings is 1. The van der Waals surface area contributed by atoms with Gasteiger partial charge in [0.2, 0.25) is 0 Å². The molecule has 1 aliphatic carbocycles. The minimum Gasteiger partial charge on any atom is -0.292 e. The Morgan fingerprint density at radius 2 is 2.27 bits per heavy atom. The maximum Gasteiger partial charge on any atom is 0.181 e. The summed E-state index contributed by atoms with van der Waals surface area (Å²) in [6, 6.07) is 1.83. The molecule has 0 saturated heterocycles. The number of nitrogens with zero attached hydrogens (tertiary/aromatic N) is 1. The third kappa shape index (κ3) is 0.966. The van der Waals surface area contributed by atoms with Gasteiger partial charge in [0.15, 0.2) is 5.78 Å². The number of aryl methyl sites for hydroxylation is 1. The maximum absolute atomic E-state index is 11.1. The van der Waals surface area contributed by atoms with Crippen molar-refractivity contribution in [2.75, 3.05) is 0 Å². The van der Waals surface area contributed by atoms with Crippen molar-refractivity contribution < 1.29 is 4.79 Å². The summed E-state index contributed by atoms with van der Waals surface area (Å²) in [4.78, 5) is 15.0. The predicted octanol–water partition coefficient (Wildman–Crippen LogP) is 0.00430. The third-order valence-electron chi connectivity index (χ3n) is 1.87. The van der Waals surface area contributed by atoms with E-state index in [0.29, 0.717) is 17.6 Å². The number of carbonyl (C=O) groups excluding carboxylic acids is 1. The van der Waals surface area contributed by atoms with Crippen molar-refractivity contribution in [2.24, 2.45) is 0 Å². The first-order chi connectivity index (χ1) is 5.27. The Morgan fingerprint density at radius 3 is 3.09 bits per heavy atom. The molecule has 0 aromatic carbocycles. The first kappa shape index (κ1) is 6.59. The predicted molar refractivity (Wildman–Crippen MR) is 42.3 cm³/mol. The van der Waals surface area contributed by atoms with E-state index in [1.165, 1.54) is 6.20 Å². The quantitative estimate of drug-likeness (QED) is 0.478. The molecule has 1 aromatic rings. The van der Waals surface area contributed by atoms with E-state index in [2.05, 4.69) is 4.98 Å². The van der Waals surface area contributed by atoms with Gasteiger partial charge < -0.3 is 0 Å². The molecule has 1 heterocycles. The van der Waals surface area contributed by atoms with Crippen molar-refractivity contribution in [3.63, 3.8) is 0 Å². The van der Waals surface area contributed by atoms with Gasteiger partial charge in [0.25, 0.3) is 0 Å². The molecule has 52 valence electrons. The molecule has 0 amide bonds. The molecule has 0 unspecified atom stereocenters. The Balaban J connectivity index is 2.59. The van der Waals surface area contributed by atoms with Crippen LogP contribution in [0.4, 0.5) is 0 Å². The van der Waals surface area contributed by atoms with Crippen molar-refractivity contribution in [3.8, 4) is 0 Å². The molecule has 0 atom stereocenters. The number of hydrogen-bond acceptors (Lipinski definition) is 2. The summed E-state index contributed by atoms with van der Waals surface area (Å²) in [5, 5.41) is 0. The van der Waals surface area contributed by atoms with Crippen LogP contribution in [0.3, 0.4) is 0 Å². The zero-order valence-electron chi connectivity index (χ0n) is 6.00. The van der Waals surface area contributed by atoms with Crippen molar-refractivity contribution >= 4 is 19.1 Å². The highest BCUT2D eigenvalue weighted by molar-refractivity contribution is 6.32. The summed E-state index contributed by atoms with van der Waals surface area (Å²) < 4.78 is 0. The number of rotatable bonds is 0. The number of aromatic nitrogens is 1. The van der Waals surface area contributed by atoms with Crippen molar-refractivity contribution in [1.82, 2.24) is 4.98 Å². The summed E-state index contributed by atoms with van der Waals surface area (Å²) in [6.45, 7) is 0. The van der Waals surface area contributed by atoms with E-state index in [1.54, 1.807) is 0 Å². The minimum atomic E-state index is 0.139. The van der Waals surface area contributed by atoms with Crippen molar-refractivity contribution in [2.45, 2.75) is 12.8 Å². The number of Topliss-reactive ketones (excluding diaryl/α,β-unsaturated/α-hetero) is 1. The molecule has 0 aliphatic heterocycles. The standard InChI is InChI=1S/C8H6BNO/c9-6-3-5-1-2-7(11)8(5)10-4-6/h3-4H,1-2H2. The second-order valence-electron chi connectivity index (χ2n) is 2.70. The van der Waals surface area contributed by atoms with Gasteiger partial charge in [-0.15, -0.1) is 0 Å². The second kappa shape index (κ2) is 2.19. The van der Waals surface area contributed by atoms with Crippen LogP contribution in [-0.2, 0) is 6.42 Å². The molecule has 0 bridgehead atoms. The number of carbonyl (C=O) groups is 1. The summed E-state index contributed by atoms with van der Waals surface area (Å²) in [6.07, 6.45) is 2.92. The van der Waals surface area contributed by atoms with Gasteiger partial charge in [-0.05, 0) is 12.0 Å². The normalized spacial score (nSPS) is 15.1. The van der Waals surface area contributed by atoms with E-state index in [-0.39, 0.29) is 5.78 Å². The molecule has 3 heteroatoms. The van der Waals surface area contributed by atoms with Gasteiger partial charge in [-0.2, -0.15) is 0 Å². The molecular weight excluding hydrogens is 137 g/mol. The van der Waals surface area contributed by atoms with Crippen LogP contribution in [0.2, 0.25) is 0 Å². The fourth-order valence-electron chi connectivity index (χ4n) is 1.34. The molecule has 0 N–H and O–H groups in total. The first-order valence-electron chi connectivity index (χ1n) is 3.55. The smallest absolute Gasteiger partial charge is 0.181 e. The lowest BCUT2D eigenvalue weighted by molar-refractivity contribution is 0.0990. The van der Waals surface area contributed by atoms with Gasteiger partial charge in [-0.3, -0.25) is 9.78 Å². The van der Waals surface area contributed by atoms with E-state index in [9.17, 15) is 4.79 Å². The van der Waals surface area contributed by atoms with Crippen LogP contribution in [0, 0.1) is 0 Å². The van der Waals surface area contributed by atoms with E-state index in [0.717, 1.165) is 12.0 Å². The van der Waals surface area contributed by atoms with Crippen molar-refractivity contribution in [3.05, 3.63) is 23.5 Å². The SMILES string of the molecule is [B]c1cnc2c(c1)CCC2=O. The highest BCUT2D eigenvalue weighted by Gasteiger charge is 2.19. The van der Waals surface area contributed by atoms with Gasteiger partial charge in [0, 0.05) is 12.6 Å². The van der Waals surface area contributed by atoms with Gasteiger partial charge in [0.05, 0.1) is 0 Å². The Hall–Kier alpha value is -1.12. The molecule has 2 radical (unpaired) electrons. The number of ketones is 1. The fourth-order valence-corrected chi connectivity index (χ4v) is 1.34. The summed E-state index contributed by atoms with van der Waals surface area (Å²) in [5.41, 5.74) is 2.24. The maximum atomic E-state index is 11.1. The number of fused-ring (bicyclic) bond motifs is 1. The van der Waals surface area contributed by atoms with Gasteiger partial charge in [-0.25, -0.2) is 0 Å². The average molecular weight is 143 g/mol. The largest absolute Gasteiger partial charge is 0.292 e. The molecule has 2 rings (SSSR count). The van der Waals surface area contributed by atoms with Crippen LogP contribution in [-0.4, -0.2) is 18.6 Å². The van der Waals surface area contributed by atoms with E-state index in [4.69, 9.17) is 7.85 Å². The molecule has 2 nitrogen and oxygen atoms in total. The first-order valence-corrected chi connectivity index (χ1v) is 3.55. The van der Waals surface area contributed by atoms with Crippen LogP contribution in [0.5, 0.6) is 0 Å². The lowest BCUT2D eigenvalue weighted by atomic mass is 9.96. The van der Waals surface area contributed by atoms with Gasteiger partial charge in [0.1, 0.15) is 13.5 Å². The zero-order chi connectivity index (χ0) is 7.84. The van der Waals surface area contributed by atoms with Crippen LogP contribution in [0.25, 0.3) is 0 Å². The van der Waals surface area contributed by atoms with Crippen LogP contribution in [0.1, 0.15) is 22.5 Å². The lowest BCUT2D eigenvalue weighted by Crippen LogP contribution is -2.06. The summed E-state index contributed by atoms with van der Waals surface area (Å²) in [5.74, 6) is 0.139. The van der Waals surface area contributed by atoms with Gasteiger partial charge >= 0.3 is 0 Å². The Morgan fingerprint density at radius 1 is 1.45 bits per heavy atom. The Labute approximate surface area is 66.1 Å². The topological polar surface area (TPSA) is 30.0 Å². The van der Waals surface area contributed by atoms with E-state index < -0.39 is 0 Å². The summed E-state index contributed by atoms with van der Waals surface area (Å²) >= 11 is 0. The minimum absolute atomic E-state index is 0.139. The average Bonchev–Trinajstić information content (AvgIpc) is 2.32. The highest BCUT2D eigenvalue weighted by atomic mass is 16.1. The summed E-state index contributed by atoms with van der Waals surface area (Å²) in [7, 11) is 5.50. The molecule has 1 aliphatic rings. The van der Waals surface area contributed by atoms with E-state index in [1.807, 2.05) is 6.07 Å². The molecular formula is C8H6BNO. The molecule has 1 aromatic heterocycles. The monoisotopic (exact) mass is 143 g/mol. The number of hydrogen-bond donors (Lipinski definition) is 0. The zero-order valence-corrected chi connectivity index (χ0v) is 6.00. The highest BCUT2D eigenvalue weighted by Crippen LogP contribution is 2.17. The molecule has 0 spiro atoms. The van der Waals surface area contributed by atoms with Crippen LogP contribution in [0.15, 0.2) is 12.3 Å². The van der Waals surface area contributed by atoms with Gasteiger partial charge in [-0.1, -0.05) is 11.5 Å². The van der Waals surface area contributed by atoms with Crippen molar-refractivity contribution in [1.29, 1.82) is 0 Å². The molecule has 0 fully saturated rings. The van der Waals surface area contributed by atoms with Crippen LogP contribution >= 0.6 is 0 Å². The Kier molecular flexibility index (Phi) is 1.31. The second-order valence-corrected chi connectivity index (χ2v) is 2.70. The Bertz CT molecular complexity index is 322. The third-order valence-corrected chi connectivity index (χ3v) is 1.87. The molecule has 0 saturated carbocycles. The van der Waals surface area contributed by atoms with Crippen LogP contribution < -0.4 is 5.46 Å². The van der Waals surface area contributed by atoms with E-state index >= 15 is 0 Å².